The molecule has 2 aromatic carbocycles. The molecule has 0 aromatic heterocycles. The first-order valence-corrected chi connectivity index (χ1v) is 11.2. The number of nitrogens with one attached hydrogen (secondary N) is 1. The maximum atomic E-state index is 12.7. The Morgan fingerprint density at radius 1 is 0.897 bits per heavy atom. The number of hydrogen-bond acceptors (Lipinski definition) is 4. The topological polar surface area (TPSA) is 86.8 Å². The van der Waals surface area contributed by atoms with E-state index in [-0.39, 0.29) is 16.7 Å². The zero-order chi connectivity index (χ0) is 20.4. The van der Waals surface area contributed by atoms with Gasteiger partial charge in [-0.3, -0.25) is 9.59 Å². The summed E-state index contributed by atoms with van der Waals surface area (Å²) in [6.07, 6.45) is 3.06. The third kappa shape index (κ3) is 3.90. The van der Waals surface area contributed by atoms with Crippen LogP contribution in [0.15, 0.2) is 53.4 Å². The van der Waals surface area contributed by atoms with Crippen molar-refractivity contribution in [2.45, 2.75) is 30.6 Å². The number of anilines is 2. The van der Waals surface area contributed by atoms with Crippen LogP contribution in [-0.2, 0) is 14.8 Å². The Balaban J connectivity index is 1.52. The molecule has 1 N–H and O–H groups in total. The van der Waals surface area contributed by atoms with Crippen LogP contribution in [0.2, 0.25) is 0 Å². The number of amides is 2. The van der Waals surface area contributed by atoms with Gasteiger partial charge in [0.1, 0.15) is 0 Å². The number of sulfonamides is 1. The van der Waals surface area contributed by atoms with Gasteiger partial charge in [-0.25, -0.2) is 8.42 Å². The largest absolute Gasteiger partial charge is 0.320 e. The highest BCUT2D eigenvalue weighted by Gasteiger charge is 2.27. The highest BCUT2D eigenvalue weighted by Crippen LogP contribution is 2.30. The van der Waals surface area contributed by atoms with E-state index in [9.17, 15) is 18.0 Å². The van der Waals surface area contributed by atoms with Crippen molar-refractivity contribution in [2.75, 3.05) is 29.9 Å². The smallest absolute Gasteiger partial charge is 0.255 e. The minimum absolute atomic E-state index is 0.0446. The van der Waals surface area contributed by atoms with Gasteiger partial charge in [-0.15, -0.1) is 0 Å². The summed E-state index contributed by atoms with van der Waals surface area (Å²) in [7, 11) is -3.51. The molecule has 2 saturated heterocycles. The van der Waals surface area contributed by atoms with Gasteiger partial charge < -0.3 is 10.2 Å². The van der Waals surface area contributed by atoms with Crippen molar-refractivity contribution in [2.24, 2.45) is 0 Å². The summed E-state index contributed by atoms with van der Waals surface area (Å²) in [5.41, 5.74) is 1.59. The second-order valence-corrected chi connectivity index (χ2v) is 9.19. The lowest BCUT2D eigenvalue weighted by Gasteiger charge is -2.20. The van der Waals surface area contributed by atoms with Gasteiger partial charge in [0.15, 0.2) is 0 Å². The van der Waals surface area contributed by atoms with Crippen LogP contribution in [0, 0.1) is 0 Å². The first-order chi connectivity index (χ1) is 14.0. The monoisotopic (exact) mass is 413 g/mol. The molecule has 0 spiro atoms. The quantitative estimate of drug-likeness (QED) is 0.817. The number of nitrogens with zero attached hydrogens (tertiary/aromatic N) is 2. The Bertz CT molecular complexity index is 1030. The molecule has 0 atom stereocenters. The highest BCUT2D eigenvalue weighted by atomic mass is 32.2. The molecule has 0 aliphatic carbocycles. The fraction of sp³-hybridized carbons (Fsp3) is 0.333. The molecule has 4 rings (SSSR count). The number of carbonyl (C=O) groups is 2. The van der Waals surface area contributed by atoms with E-state index in [4.69, 9.17) is 0 Å². The maximum absolute atomic E-state index is 12.7. The second kappa shape index (κ2) is 7.96. The summed E-state index contributed by atoms with van der Waals surface area (Å²) in [5.74, 6) is -0.308. The van der Waals surface area contributed by atoms with Crippen LogP contribution in [0.4, 0.5) is 11.4 Å². The first-order valence-electron chi connectivity index (χ1n) is 9.78. The zero-order valence-corrected chi connectivity index (χ0v) is 16.8. The fourth-order valence-corrected chi connectivity index (χ4v) is 5.28. The van der Waals surface area contributed by atoms with Crippen molar-refractivity contribution >= 4 is 33.2 Å². The molecule has 2 fully saturated rings. The summed E-state index contributed by atoms with van der Waals surface area (Å²) in [6.45, 7) is 1.71. The average molecular weight is 413 g/mol. The van der Waals surface area contributed by atoms with E-state index < -0.39 is 10.0 Å². The molecule has 0 unspecified atom stereocenters. The number of rotatable bonds is 5. The summed E-state index contributed by atoms with van der Waals surface area (Å²) in [6, 6.07) is 13.2. The molecule has 0 bridgehead atoms. The third-order valence-corrected chi connectivity index (χ3v) is 7.25. The Labute approximate surface area is 170 Å². The van der Waals surface area contributed by atoms with Crippen LogP contribution >= 0.6 is 0 Å². The predicted molar refractivity (Wildman–Crippen MR) is 110 cm³/mol. The minimum atomic E-state index is -3.51. The number of carbonyl (C=O) groups excluding carboxylic acids is 2. The molecule has 2 aliphatic heterocycles. The molecule has 0 radical (unpaired) electrons. The van der Waals surface area contributed by atoms with Crippen molar-refractivity contribution in [3.63, 3.8) is 0 Å². The maximum Gasteiger partial charge on any atom is 0.255 e. The van der Waals surface area contributed by atoms with Crippen molar-refractivity contribution in [3.05, 3.63) is 54.1 Å². The molecule has 8 heteroatoms. The van der Waals surface area contributed by atoms with Crippen LogP contribution in [0.25, 0.3) is 0 Å². The van der Waals surface area contributed by atoms with E-state index in [2.05, 4.69) is 5.32 Å². The van der Waals surface area contributed by atoms with Crippen LogP contribution in [-0.4, -0.2) is 44.2 Å². The highest BCUT2D eigenvalue weighted by molar-refractivity contribution is 7.89. The first kappa shape index (κ1) is 19.6. The summed E-state index contributed by atoms with van der Waals surface area (Å²) in [5, 5.41) is 2.84. The molecule has 152 valence electrons. The van der Waals surface area contributed by atoms with Gasteiger partial charge in [0, 0.05) is 31.6 Å². The Morgan fingerprint density at radius 2 is 1.59 bits per heavy atom. The van der Waals surface area contributed by atoms with Crippen molar-refractivity contribution in [3.8, 4) is 0 Å². The molecule has 2 heterocycles. The lowest BCUT2D eigenvalue weighted by atomic mass is 10.2. The predicted octanol–water partition coefficient (Wildman–Crippen LogP) is 2.85. The lowest BCUT2D eigenvalue weighted by molar-refractivity contribution is -0.117. The fourth-order valence-electron chi connectivity index (χ4n) is 3.77. The van der Waals surface area contributed by atoms with Gasteiger partial charge in [0.05, 0.1) is 16.3 Å². The summed E-state index contributed by atoms with van der Waals surface area (Å²) in [4.78, 5) is 26.7. The lowest BCUT2D eigenvalue weighted by Crippen LogP contribution is -2.28. The normalized spacial score (nSPS) is 17.7. The number of para-hydroxylation sites is 2. The van der Waals surface area contributed by atoms with Crippen LogP contribution < -0.4 is 10.2 Å². The van der Waals surface area contributed by atoms with E-state index in [0.29, 0.717) is 43.0 Å². The summed E-state index contributed by atoms with van der Waals surface area (Å²) < 4.78 is 26.7. The molecule has 29 heavy (non-hydrogen) atoms. The molecule has 0 saturated carbocycles. The molecule has 2 amide bonds. The van der Waals surface area contributed by atoms with E-state index in [1.165, 1.54) is 28.6 Å². The Morgan fingerprint density at radius 3 is 2.24 bits per heavy atom. The number of hydrogen-bond donors (Lipinski definition) is 1. The average Bonchev–Trinajstić information content (AvgIpc) is 3.41. The molecule has 7 nitrogen and oxygen atoms in total. The van der Waals surface area contributed by atoms with E-state index in [1.54, 1.807) is 17.0 Å². The van der Waals surface area contributed by atoms with E-state index in [1.807, 2.05) is 12.1 Å². The van der Waals surface area contributed by atoms with Gasteiger partial charge in [-0.1, -0.05) is 12.1 Å². The van der Waals surface area contributed by atoms with Gasteiger partial charge in [0.25, 0.3) is 5.91 Å². The Kier molecular flexibility index (Phi) is 5.38. The Hall–Kier alpha value is -2.71. The van der Waals surface area contributed by atoms with Crippen LogP contribution in [0.1, 0.15) is 36.0 Å². The standard InChI is InChI=1S/C21H23N3O4S/c25-20-8-5-15-24(20)19-7-2-1-6-18(19)22-21(26)16-9-11-17(12-10-16)29(27,28)23-13-3-4-14-23/h1-2,6-7,9-12H,3-5,8,13-15H2,(H,22,26). The number of benzene rings is 2. The van der Waals surface area contributed by atoms with Crippen LogP contribution in [0.5, 0.6) is 0 Å². The molecule has 2 aromatic rings. The zero-order valence-electron chi connectivity index (χ0n) is 16.0. The van der Waals surface area contributed by atoms with Gasteiger partial charge in [-0.2, -0.15) is 4.31 Å². The third-order valence-electron chi connectivity index (χ3n) is 5.34. The molecule has 2 aliphatic rings. The van der Waals surface area contributed by atoms with Gasteiger partial charge in [-0.05, 0) is 55.7 Å². The summed E-state index contributed by atoms with van der Waals surface area (Å²) >= 11 is 0. The minimum Gasteiger partial charge on any atom is -0.320 e. The second-order valence-electron chi connectivity index (χ2n) is 7.26. The van der Waals surface area contributed by atoms with Gasteiger partial charge in [0.2, 0.25) is 15.9 Å². The van der Waals surface area contributed by atoms with Crippen molar-refractivity contribution in [1.82, 2.24) is 4.31 Å². The molecular weight excluding hydrogens is 390 g/mol. The van der Waals surface area contributed by atoms with E-state index in [0.717, 1.165) is 19.3 Å². The van der Waals surface area contributed by atoms with E-state index >= 15 is 0 Å². The van der Waals surface area contributed by atoms with Crippen LogP contribution in [0.3, 0.4) is 0 Å². The van der Waals surface area contributed by atoms with Crippen molar-refractivity contribution in [1.29, 1.82) is 0 Å². The van der Waals surface area contributed by atoms with Gasteiger partial charge >= 0.3 is 0 Å². The molecular formula is C21H23N3O4S. The SMILES string of the molecule is O=C(Nc1ccccc1N1CCCC1=O)c1ccc(S(=O)(=O)N2CCCC2)cc1. The van der Waals surface area contributed by atoms with Crippen molar-refractivity contribution < 1.29 is 18.0 Å².